The zero-order valence-electron chi connectivity index (χ0n) is 14.4. The Hall–Kier alpha value is -1.94. The predicted molar refractivity (Wildman–Crippen MR) is 99.3 cm³/mol. The lowest BCUT2D eigenvalue weighted by molar-refractivity contribution is -0.139. The normalized spacial score (nSPS) is 17.8. The van der Waals surface area contributed by atoms with Crippen LogP contribution in [-0.4, -0.2) is 23.1 Å². The van der Waals surface area contributed by atoms with Crippen LogP contribution in [0.3, 0.4) is 0 Å². The average molecular weight is 341 g/mol. The molecule has 1 fully saturated rings. The van der Waals surface area contributed by atoms with Gasteiger partial charge in [0, 0.05) is 17.7 Å². The minimum atomic E-state index is -0.360. The Morgan fingerprint density at radius 1 is 1.08 bits per heavy atom. The summed E-state index contributed by atoms with van der Waals surface area (Å²) in [7, 11) is 0. The Bertz CT molecular complexity index is 709. The summed E-state index contributed by atoms with van der Waals surface area (Å²) in [4.78, 5) is 14.7. The average Bonchev–Trinajstić information content (AvgIpc) is 3.04. The number of ether oxygens (including phenoxy) is 1. The molecule has 4 heteroatoms. The maximum Gasteiger partial charge on any atom is 0.229 e. The van der Waals surface area contributed by atoms with E-state index in [1.807, 2.05) is 86.0 Å². The van der Waals surface area contributed by atoms with E-state index in [0.717, 1.165) is 29.4 Å². The molecule has 1 aliphatic heterocycles. The van der Waals surface area contributed by atoms with E-state index in [1.54, 1.807) is 0 Å². The molecule has 3 rings (SSSR count). The van der Waals surface area contributed by atoms with Crippen molar-refractivity contribution in [2.24, 2.45) is 5.41 Å². The minimum Gasteiger partial charge on any atom is -0.457 e. The van der Waals surface area contributed by atoms with Gasteiger partial charge < -0.3 is 9.64 Å². The fraction of sp³-hybridized carbons (Fsp3) is 0.350. The molecule has 1 heterocycles. The number of thioether (sulfide) groups is 1. The molecule has 0 N–H and O–H groups in total. The molecule has 0 bridgehead atoms. The zero-order chi connectivity index (χ0) is 17.2. The standard InChI is InChI=1S/C20H23NO2S/c1-20(2,3)19(22)21-12-13-24-18(21)15-8-7-11-17(14-15)23-16-9-5-4-6-10-16/h4-11,14,18H,12-13H2,1-3H3. The second-order valence-corrected chi connectivity index (χ2v) is 8.15. The van der Waals surface area contributed by atoms with Crippen LogP contribution in [0.2, 0.25) is 0 Å². The van der Waals surface area contributed by atoms with Gasteiger partial charge in [0.2, 0.25) is 5.91 Å². The van der Waals surface area contributed by atoms with E-state index in [4.69, 9.17) is 4.74 Å². The molecule has 1 aliphatic rings. The van der Waals surface area contributed by atoms with Crippen LogP contribution < -0.4 is 4.74 Å². The summed E-state index contributed by atoms with van der Waals surface area (Å²) in [5.41, 5.74) is 0.755. The highest BCUT2D eigenvalue weighted by Gasteiger charge is 2.36. The number of para-hydroxylation sites is 1. The monoisotopic (exact) mass is 341 g/mol. The van der Waals surface area contributed by atoms with Gasteiger partial charge in [-0.15, -0.1) is 11.8 Å². The van der Waals surface area contributed by atoms with Crippen LogP contribution in [0.15, 0.2) is 54.6 Å². The number of nitrogens with zero attached hydrogens (tertiary/aromatic N) is 1. The van der Waals surface area contributed by atoms with Gasteiger partial charge in [-0.25, -0.2) is 0 Å². The number of hydrogen-bond donors (Lipinski definition) is 0. The van der Waals surface area contributed by atoms with Crippen molar-refractivity contribution in [3.8, 4) is 11.5 Å². The molecule has 0 spiro atoms. The third-order valence-corrected chi connectivity index (χ3v) is 5.18. The molecular formula is C20H23NO2S. The summed E-state index contributed by atoms with van der Waals surface area (Å²) < 4.78 is 5.93. The third kappa shape index (κ3) is 3.75. The minimum absolute atomic E-state index is 0.0658. The van der Waals surface area contributed by atoms with Gasteiger partial charge >= 0.3 is 0 Å². The van der Waals surface area contributed by atoms with Crippen LogP contribution in [0, 0.1) is 5.41 Å². The smallest absolute Gasteiger partial charge is 0.229 e. The number of carbonyl (C=O) groups is 1. The second-order valence-electron chi connectivity index (χ2n) is 6.96. The van der Waals surface area contributed by atoms with Crippen LogP contribution >= 0.6 is 11.8 Å². The van der Waals surface area contributed by atoms with Crippen LogP contribution in [0.4, 0.5) is 0 Å². The Labute approximate surface area is 148 Å². The molecule has 1 atom stereocenters. The van der Waals surface area contributed by atoms with E-state index in [-0.39, 0.29) is 16.7 Å². The summed E-state index contributed by atoms with van der Waals surface area (Å²) in [5.74, 6) is 2.79. The van der Waals surface area contributed by atoms with Gasteiger partial charge in [-0.05, 0) is 29.8 Å². The molecule has 2 aromatic carbocycles. The van der Waals surface area contributed by atoms with Crippen molar-refractivity contribution < 1.29 is 9.53 Å². The SMILES string of the molecule is CC(C)(C)C(=O)N1CCSC1c1cccc(Oc2ccccc2)c1. The van der Waals surface area contributed by atoms with Gasteiger partial charge in [-0.1, -0.05) is 51.1 Å². The van der Waals surface area contributed by atoms with Crippen molar-refractivity contribution in [1.82, 2.24) is 4.90 Å². The Morgan fingerprint density at radius 3 is 2.50 bits per heavy atom. The number of amides is 1. The summed E-state index contributed by atoms with van der Waals surface area (Å²) >= 11 is 1.81. The topological polar surface area (TPSA) is 29.5 Å². The third-order valence-electron chi connectivity index (χ3n) is 3.92. The molecule has 0 radical (unpaired) electrons. The Balaban J connectivity index is 1.81. The van der Waals surface area contributed by atoms with Crippen molar-refractivity contribution >= 4 is 17.7 Å². The lowest BCUT2D eigenvalue weighted by Crippen LogP contribution is -2.38. The van der Waals surface area contributed by atoms with Gasteiger partial charge in [0.05, 0.1) is 0 Å². The fourth-order valence-corrected chi connectivity index (χ4v) is 3.99. The maximum absolute atomic E-state index is 12.7. The molecule has 1 saturated heterocycles. The van der Waals surface area contributed by atoms with Crippen LogP contribution in [0.25, 0.3) is 0 Å². The van der Waals surface area contributed by atoms with E-state index in [0.29, 0.717) is 0 Å². The van der Waals surface area contributed by atoms with E-state index < -0.39 is 0 Å². The van der Waals surface area contributed by atoms with Gasteiger partial charge in [0.25, 0.3) is 0 Å². The van der Waals surface area contributed by atoms with Crippen molar-refractivity contribution in [2.45, 2.75) is 26.1 Å². The highest BCUT2D eigenvalue weighted by molar-refractivity contribution is 7.99. The quantitative estimate of drug-likeness (QED) is 0.778. The lowest BCUT2D eigenvalue weighted by atomic mass is 9.94. The highest BCUT2D eigenvalue weighted by atomic mass is 32.2. The number of hydrogen-bond acceptors (Lipinski definition) is 3. The predicted octanol–water partition coefficient (Wildman–Crippen LogP) is 5.10. The molecule has 3 nitrogen and oxygen atoms in total. The molecule has 1 amide bonds. The number of carbonyl (C=O) groups excluding carboxylic acids is 1. The molecule has 24 heavy (non-hydrogen) atoms. The van der Waals surface area contributed by atoms with Gasteiger partial charge in [-0.2, -0.15) is 0 Å². The maximum atomic E-state index is 12.7. The van der Waals surface area contributed by atoms with Crippen molar-refractivity contribution in [2.75, 3.05) is 12.3 Å². The van der Waals surface area contributed by atoms with Crippen LogP contribution in [0.5, 0.6) is 11.5 Å². The van der Waals surface area contributed by atoms with Crippen molar-refractivity contribution in [3.63, 3.8) is 0 Å². The van der Waals surface area contributed by atoms with Crippen LogP contribution in [-0.2, 0) is 4.79 Å². The van der Waals surface area contributed by atoms with Crippen molar-refractivity contribution in [3.05, 3.63) is 60.2 Å². The largest absolute Gasteiger partial charge is 0.457 e. The number of rotatable bonds is 3. The van der Waals surface area contributed by atoms with E-state index in [1.165, 1.54) is 0 Å². The van der Waals surface area contributed by atoms with E-state index in [2.05, 4.69) is 6.07 Å². The lowest BCUT2D eigenvalue weighted by Gasteiger charge is -2.30. The first-order valence-corrected chi connectivity index (χ1v) is 9.25. The first-order chi connectivity index (χ1) is 11.4. The summed E-state index contributed by atoms with van der Waals surface area (Å²) in [6, 6.07) is 17.8. The van der Waals surface area contributed by atoms with E-state index >= 15 is 0 Å². The highest BCUT2D eigenvalue weighted by Crippen LogP contribution is 2.41. The van der Waals surface area contributed by atoms with Gasteiger partial charge in [0.1, 0.15) is 16.9 Å². The molecule has 0 saturated carbocycles. The summed E-state index contributed by atoms with van der Waals surface area (Å²) in [6.45, 7) is 6.73. The summed E-state index contributed by atoms with van der Waals surface area (Å²) in [5, 5.41) is 0.0658. The molecule has 0 aliphatic carbocycles. The Kier molecular flexibility index (Phi) is 4.86. The first kappa shape index (κ1) is 16.9. The fourth-order valence-electron chi connectivity index (χ4n) is 2.74. The zero-order valence-corrected chi connectivity index (χ0v) is 15.2. The first-order valence-electron chi connectivity index (χ1n) is 8.21. The molecule has 0 aromatic heterocycles. The van der Waals surface area contributed by atoms with Crippen LogP contribution in [0.1, 0.15) is 31.7 Å². The van der Waals surface area contributed by atoms with Gasteiger partial charge in [-0.3, -0.25) is 4.79 Å². The molecule has 126 valence electrons. The molecular weight excluding hydrogens is 318 g/mol. The van der Waals surface area contributed by atoms with Crippen molar-refractivity contribution in [1.29, 1.82) is 0 Å². The molecule has 2 aromatic rings. The second kappa shape index (κ2) is 6.89. The summed E-state index contributed by atoms with van der Waals surface area (Å²) in [6.07, 6.45) is 0. The number of benzene rings is 2. The van der Waals surface area contributed by atoms with Gasteiger partial charge in [0.15, 0.2) is 0 Å². The molecule has 1 unspecified atom stereocenters. The van der Waals surface area contributed by atoms with E-state index in [9.17, 15) is 4.79 Å². The Morgan fingerprint density at radius 2 is 1.79 bits per heavy atom.